The Morgan fingerprint density at radius 2 is 1.47 bits per heavy atom. The SMILES string of the molecule is CCCCCCOc1ccccc1C(=O)NNC(=O)c1ccc(NC(=O)CCCC)cc1. The predicted molar refractivity (Wildman–Crippen MR) is 126 cm³/mol. The fraction of sp³-hybridized carbons (Fsp3) is 0.400. The summed E-state index contributed by atoms with van der Waals surface area (Å²) in [5.41, 5.74) is 6.18. The summed E-state index contributed by atoms with van der Waals surface area (Å²) in [4.78, 5) is 36.7. The van der Waals surface area contributed by atoms with E-state index in [4.69, 9.17) is 4.74 Å². The molecule has 0 heterocycles. The van der Waals surface area contributed by atoms with Crippen molar-refractivity contribution in [3.63, 3.8) is 0 Å². The number of para-hydroxylation sites is 1. The van der Waals surface area contributed by atoms with Gasteiger partial charge in [0, 0.05) is 17.7 Å². The number of hydrazine groups is 1. The van der Waals surface area contributed by atoms with Gasteiger partial charge >= 0.3 is 0 Å². The van der Waals surface area contributed by atoms with E-state index in [1.165, 1.54) is 0 Å². The molecular formula is C25H33N3O4. The van der Waals surface area contributed by atoms with Gasteiger partial charge in [0.25, 0.3) is 11.8 Å². The molecule has 7 heteroatoms. The third-order valence-electron chi connectivity index (χ3n) is 4.86. The molecule has 0 fully saturated rings. The molecule has 0 aliphatic heterocycles. The van der Waals surface area contributed by atoms with Crippen LogP contribution >= 0.6 is 0 Å². The molecule has 2 aromatic carbocycles. The maximum absolute atomic E-state index is 12.5. The van der Waals surface area contributed by atoms with Crippen molar-refractivity contribution in [2.75, 3.05) is 11.9 Å². The first-order valence-corrected chi connectivity index (χ1v) is 11.3. The molecule has 2 rings (SSSR count). The van der Waals surface area contributed by atoms with Crippen LogP contribution in [0.3, 0.4) is 0 Å². The molecule has 0 bridgehead atoms. The minimum absolute atomic E-state index is 0.0532. The monoisotopic (exact) mass is 439 g/mol. The van der Waals surface area contributed by atoms with Gasteiger partial charge in [-0.3, -0.25) is 25.2 Å². The molecule has 2 aromatic rings. The molecule has 0 saturated carbocycles. The Morgan fingerprint density at radius 1 is 0.781 bits per heavy atom. The van der Waals surface area contributed by atoms with Gasteiger partial charge in [-0.05, 0) is 49.2 Å². The van der Waals surface area contributed by atoms with Gasteiger partial charge in [-0.1, -0.05) is 51.7 Å². The molecule has 0 aromatic heterocycles. The summed E-state index contributed by atoms with van der Waals surface area (Å²) in [5, 5.41) is 2.79. The molecule has 3 amide bonds. The van der Waals surface area contributed by atoms with E-state index in [1.54, 1.807) is 48.5 Å². The second kappa shape index (κ2) is 13.9. The Bertz CT molecular complexity index is 881. The standard InChI is InChI=1S/C25H33N3O4/c1-3-5-7-10-18-32-22-12-9-8-11-21(22)25(31)28-27-24(30)19-14-16-20(17-15-19)26-23(29)13-6-4-2/h8-9,11-12,14-17H,3-7,10,13,18H2,1-2H3,(H,26,29)(H,27,30)(H,28,31). The average Bonchev–Trinajstić information content (AvgIpc) is 2.81. The van der Waals surface area contributed by atoms with E-state index in [2.05, 4.69) is 23.1 Å². The summed E-state index contributed by atoms with van der Waals surface area (Å²) in [5.74, 6) is -0.482. The van der Waals surface area contributed by atoms with Gasteiger partial charge in [0.15, 0.2) is 0 Å². The Morgan fingerprint density at radius 3 is 2.19 bits per heavy atom. The highest BCUT2D eigenvalue weighted by Gasteiger charge is 2.14. The third-order valence-corrected chi connectivity index (χ3v) is 4.86. The molecule has 0 unspecified atom stereocenters. The number of benzene rings is 2. The summed E-state index contributed by atoms with van der Waals surface area (Å²) >= 11 is 0. The van der Waals surface area contributed by atoms with Gasteiger partial charge in [-0.25, -0.2) is 0 Å². The first kappa shape index (κ1) is 24.9. The number of anilines is 1. The molecule has 0 aliphatic rings. The third kappa shape index (κ3) is 8.41. The summed E-state index contributed by atoms with van der Waals surface area (Å²) in [6.45, 7) is 4.72. The van der Waals surface area contributed by atoms with E-state index in [1.807, 2.05) is 6.92 Å². The normalized spacial score (nSPS) is 10.3. The van der Waals surface area contributed by atoms with E-state index in [9.17, 15) is 14.4 Å². The molecule has 172 valence electrons. The van der Waals surface area contributed by atoms with Crippen LogP contribution in [0.25, 0.3) is 0 Å². The minimum Gasteiger partial charge on any atom is -0.493 e. The summed E-state index contributed by atoms with van der Waals surface area (Å²) in [6.07, 6.45) is 6.57. The number of carbonyl (C=O) groups excluding carboxylic acids is 3. The molecule has 0 spiro atoms. The van der Waals surface area contributed by atoms with E-state index in [0.29, 0.717) is 35.6 Å². The van der Waals surface area contributed by atoms with Crippen LogP contribution in [-0.2, 0) is 4.79 Å². The van der Waals surface area contributed by atoms with E-state index >= 15 is 0 Å². The van der Waals surface area contributed by atoms with E-state index in [-0.39, 0.29) is 5.91 Å². The smallest absolute Gasteiger partial charge is 0.273 e. The molecule has 0 radical (unpaired) electrons. The van der Waals surface area contributed by atoms with Gasteiger partial charge in [0.1, 0.15) is 5.75 Å². The van der Waals surface area contributed by atoms with Crippen LogP contribution in [0, 0.1) is 0 Å². The Hall–Kier alpha value is -3.35. The lowest BCUT2D eigenvalue weighted by Gasteiger charge is -2.12. The number of hydrogen-bond acceptors (Lipinski definition) is 4. The second-order valence-electron chi connectivity index (χ2n) is 7.54. The van der Waals surface area contributed by atoms with E-state index in [0.717, 1.165) is 38.5 Å². The average molecular weight is 440 g/mol. The molecule has 7 nitrogen and oxygen atoms in total. The molecule has 0 atom stereocenters. The van der Waals surface area contributed by atoms with Crippen LogP contribution in [0.5, 0.6) is 5.75 Å². The maximum Gasteiger partial charge on any atom is 0.273 e. The number of hydrogen-bond donors (Lipinski definition) is 3. The maximum atomic E-state index is 12.5. The lowest BCUT2D eigenvalue weighted by Crippen LogP contribution is -2.41. The summed E-state index contributed by atoms with van der Waals surface area (Å²) in [7, 11) is 0. The van der Waals surface area contributed by atoms with Crippen LogP contribution in [0.4, 0.5) is 5.69 Å². The Kier molecular flexibility index (Phi) is 10.8. The van der Waals surface area contributed by atoms with Crippen molar-refractivity contribution in [3.8, 4) is 5.75 Å². The van der Waals surface area contributed by atoms with Crippen molar-refractivity contribution in [2.24, 2.45) is 0 Å². The number of unbranched alkanes of at least 4 members (excludes halogenated alkanes) is 4. The molecule has 32 heavy (non-hydrogen) atoms. The highest BCUT2D eigenvalue weighted by atomic mass is 16.5. The number of rotatable bonds is 12. The van der Waals surface area contributed by atoms with Crippen LogP contribution in [0.2, 0.25) is 0 Å². The molecule has 0 saturated heterocycles. The van der Waals surface area contributed by atoms with Crippen molar-refractivity contribution < 1.29 is 19.1 Å². The zero-order chi connectivity index (χ0) is 23.2. The Balaban J connectivity index is 1.86. The van der Waals surface area contributed by atoms with E-state index < -0.39 is 11.8 Å². The van der Waals surface area contributed by atoms with Gasteiger partial charge in [-0.15, -0.1) is 0 Å². The van der Waals surface area contributed by atoms with Crippen molar-refractivity contribution in [1.82, 2.24) is 10.9 Å². The summed E-state index contributed by atoms with van der Waals surface area (Å²) in [6, 6.07) is 13.4. The fourth-order valence-electron chi connectivity index (χ4n) is 3.01. The van der Waals surface area contributed by atoms with Crippen LogP contribution in [-0.4, -0.2) is 24.3 Å². The lowest BCUT2D eigenvalue weighted by atomic mass is 10.2. The van der Waals surface area contributed by atoms with Gasteiger partial charge in [-0.2, -0.15) is 0 Å². The van der Waals surface area contributed by atoms with Crippen molar-refractivity contribution in [3.05, 3.63) is 59.7 Å². The predicted octanol–water partition coefficient (Wildman–Crippen LogP) is 4.85. The van der Waals surface area contributed by atoms with Crippen LogP contribution < -0.4 is 20.9 Å². The van der Waals surface area contributed by atoms with Gasteiger partial charge in [0.2, 0.25) is 5.91 Å². The van der Waals surface area contributed by atoms with Crippen LogP contribution in [0.1, 0.15) is 79.5 Å². The largest absolute Gasteiger partial charge is 0.493 e. The first-order chi connectivity index (χ1) is 15.5. The quantitative estimate of drug-likeness (QED) is 0.325. The number of ether oxygens (including phenoxy) is 1. The summed E-state index contributed by atoms with van der Waals surface area (Å²) < 4.78 is 5.76. The first-order valence-electron chi connectivity index (χ1n) is 11.3. The highest BCUT2D eigenvalue weighted by molar-refractivity contribution is 6.00. The van der Waals surface area contributed by atoms with Gasteiger partial charge in [0.05, 0.1) is 12.2 Å². The number of carbonyl (C=O) groups is 3. The number of nitrogens with one attached hydrogen (secondary N) is 3. The second-order valence-corrected chi connectivity index (χ2v) is 7.54. The molecule has 3 N–H and O–H groups in total. The minimum atomic E-state index is -0.458. The molecule has 0 aliphatic carbocycles. The highest BCUT2D eigenvalue weighted by Crippen LogP contribution is 2.18. The topological polar surface area (TPSA) is 96.5 Å². The Labute approximate surface area is 189 Å². The lowest BCUT2D eigenvalue weighted by molar-refractivity contribution is -0.116. The zero-order valence-corrected chi connectivity index (χ0v) is 18.9. The number of amides is 3. The zero-order valence-electron chi connectivity index (χ0n) is 18.9. The van der Waals surface area contributed by atoms with Crippen LogP contribution in [0.15, 0.2) is 48.5 Å². The molecular weight excluding hydrogens is 406 g/mol. The van der Waals surface area contributed by atoms with Crippen molar-refractivity contribution in [2.45, 2.75) is 58.8 Å². The fourth-order valence-corrected chi connectivity index (χ4v) is 3.01. The van der Waals surface area contributed by atoms with Crippen molar-refractivity contribution in [1.29, 1.82) is 0 Å². The van der Waals surface area contributed by atoms with Crippen molar-refractivity contribution >= 4 is 23.4 Å². The van der Waals surface area contributed by atoms with Gasteiger partial charge < -0.3 is 10.1 Å².